The molecular formula is C13H18N2O4. The molecule has 104 valence electrons. The molecule has 0 radical (unpaired) electrons. The molecule has 0 amide bonds. The number of carboxylic acid groups (broad SMARTS) is 2. The minimum absolute atomic E-state index is 1.15. The molecule has 2 rings (SSSR count). The maximum atomic E-state index is 9.10. The molecule has 0 saturated carbocycles. The zero-order valence-electron chi connectivity index (χ0n) is 10.8. The summed E-state index contributed by atoms with van der Waals surface area (Å²) < 4.78 is 0. The standard InChI is InChI=1S/C11H16N2.C2H2O4/c1-12-7-9-13(10-8-12)11-5-3-2-4-6-11;3-1(4)2(5)6/h2-6H,7-10H2,1H3;(H,3,4)(H,5,6). The number of anilines is 1. The van der Waals surface area contributed by atoms with Crippen LogP contribution in [0.5, 0.6) is 0 Å². The third-order valence-electron chi connectivity index (χ3n) is 2.81. The van der Waals surface area contributed by atoms with Gasteiger partial charge in [-0.15, -0.1) is 0 Å². The summed E-state index contributed by atoms with van der Waals surface area (Å²) in [4.78, 5) is 23.0. The molecule has 0 aliphatic carbocycles. The van der Waals surface area contributed by atoms with E-state index in [0.717, 1.165) is 13.1 Å². The summed E-state index contributed by atoms with van der Waals surface area (Å²) in [6.07, 6.45) is 0. The number of benzene rings is 1. The first kappa shape index (κ1) is 15.0. The second-order valence-corrected chi connectivity index (χ2v) is 4.24. The number of rotatable bonds is 1. The largest absolute Gasteiger partial charge is 0.473 e. The third-order valence-corrected chi connectivity index (χ3v) is 2.81. The average Bonchev–Trinajstić information content (AvgIpc) is 2.41. The van der Waals surface area contributed by atoms with Gasteiger partial charge in [-0.3, -0.25) is 0 Å². The Kier molecular flexibility index (Phi) is 5.81. The van der Waals surface area contributed by atoms with Crippen molar-refractivity contribution in [1.29, 1.82) is 0 Å². The van der Waals surface area contributed by atoms with Crippen LogP contribution in [0.2, 0.25) is 0 Å². The highest BCUT2D eigenvalue weighted by molar-refractivity contribution is 6.27. The van der Waals surface area contributed by atoms with E-state index < -0.39 is 11.9 Å². The Bertz CT molecular complexity index is 402. The van der Waals surface area contributed by atoms with Gasteiger partial charge >= 0.3 is 11.9 Å². The molecule has 1 heterocycles. The van der Waals surface area contributed by atoms with E-state index in [1.165, 1.54) is 18.8 Å². The number of aliphatic carboxylic acids is 2. The van der Waals surface area contributed by atoms with Crippen LogP contribution in [0.3, 0.4) is 0 Å². The summed E-state index contributed by atoms with van der Waals surface area (Å²) in [5, 5.41) is 14.8. The van der Waals surface area contributed by atoms with Crippen molar-refractivity contribution in [2.45, 2.75) is 0 Å². The van der Waals surface area contributed by atoms with Crippen LogP contribution in [0.1, 0.15) is 0 Å². The molecule has 19 heavy (non-hydrogen) atoms. The first-order valence-corrected chi connectivity index (χ1v) is 5.95. The van der Waals surface area contributed by atoms with Gasteiger partial charge in [0, 0.05) is 31.9 Å². The molecule has 6 heteroatoms. The summed E-state index contributed by atoms with van der Waals surface area (Å²) >= 11 is 0. The van der Waals surface area contributed by atoms with E-state index in [1.54, 1.807) is 0 Å². The number of para-hydroxylation sites is 1. The smallest absolute Gasteiger partial charge is 0.414 e. The average molecular weight is 266 g/mol. The molecule has 6 nitrogen and oxygen atoms in total. The van der Waals surface area contributed by atoms with E-state index >= 15 is 0 Å². The number of nitrogens with zero attached hydrogens (tertiary/aromatic N) is 2. The van der Waals surface area contributed by atoms with E-state index in [4.69, 9.17) is 19.8 Å². The van der Waals surface area contributed by atoms with Gasteiger partial charge in [0.2, 0.25) is 0 Å². The van der Waals surface area contributed by atoms with E-state index in [9.17, 15) is 0 Å². The summed E-state index contributed by atoms with van der Waals surface area (Å²) in [7, 11) is 2.18. The van der Waals surface area contributed by atoms with E-state index in [2.05, 4.69) is 47.2 Å². The van der Waals surface area contributed by atoms with Crippen LogP contribution in [0.25, 0.3) is 0 Å². The molecule has 0 unspecified atom stereocenters. The summed E-state index contributed by atoms with van der Waals surface area (Å²) in [6, 6.07) is 10.7. The molecule has 2 N–H and O–H groups in total. The predicted molar refractivity (Wildman–Crippen MR) is 71.4 cm³/mol. The van der Waals surface area contributed by atoms with Crippen LogP contribution in [0.15, 0.2) is 30.3 Å². The highest BCUT2D eigenvalue weighted by Crippen LogP contribution is 2.14. The Morgan fingerprint density at radius 1 is 0.947 bits per heavy atom. The van der Waals surface area contributed by atoms with Gasteiger partial charge in [0.05, 0.1) is 0 Å². The van der Waals surface area contributed by atoms with Crippen LogP contribution < -0.4 is 4.90 Å². The van der Waals surface area contributed by atoms with Crippen molar-refractivity contribution in [3.05, 3.63) is 30.3 Å². The fraction of sp³-hybridized carbons (Fsp3) is 0.385. The van der Waals surface area contributed by atoms with Crippen molar-refractivity contribution in [2.75, 3.05) is 38.1 Å². The Labute approximate surface area is 111 Å². The Hall–Kier alpha value is -2.08. The first-order chi connectivity index (χ1) is 9.00. The van der Waals surface area contributed by atoms with Gasteiger partial charge in [0.25, 0.3) is 0 Å². The molecular weight excluding hydrogens is 248 g/mol. The van der Waals surface area contributed by atoms with E-state index in [-0.39, 0.29) is 0 Å². The number of carbonyl (C=O) groups is 2. The van der Waals surface area contributed by atoms with Gasteiger partial charge in [0.1, 0.15) is 0 Å². The monoisotopic (exact) mass is 266 g/mol. The van der Waals surface area contributed by atoms with Crippen molar-refractivity contribution in [1.82, 2.24) is 4.90 Å². The normalized spacial score (nSPS) is 15.3. The topological polar surface area (TPSA) is 81.1 Å². The highest BCUT2D eigenvalue weighted by atomic mass is 16.4. The number of piperazine rings is 1. The molecule has 1 aliphatic heterocycles. The third kappa shape index (κ3) is 5.39. The van der Waals surface area contributed by atoms with Gasteiger partial charge < -0.3 is 20.0 Å². The van der Waals surface area contributed by atoms with Gasteiger partial charge in [-0.25, -0.2) is 9.59 Å². The lowest BCUT2D eigenvalue weighted by Gasteiger charge is -2.33. The lowest BCUT2D eigenvalue weighted by molar-refractivity contribution is -0.159. The number of hydrogen-bond donors (Lipinski definition) is 2. The SMILES string of the molecule is CN1CCN(c2ccccc2)CC1.O=C(O)C(=O)O. The van der Waals surface area contributed by atoms with Crippen molar-refractivity contribution < 1.29 is 19.8 Å². The van der Waals surface area contributed by atoms with Gasteiger partial charge in [-0.2, -0.15) is 0 Å². The fourth-order valence-electron chi connectivity index (χ4n) is 1.70. The van der Waals surface area contributed by atoms with Crippen molar-refractivity contribution >= 4 is 17.6 Å². The molecule has 0 bridgehead atoms. The van der Waals surface area contributed by atoms with E-state index in [1.807, 2.05) is 0 Å². The molecule has 0 aromatic heterocycles. The summed E-state index contributed by atoms with van der Waals surface area (Å²) in [5.41, 5.74) is 1.36. The minimum atomic E-state index is -1.82. The Morgan fingerprint density at radius 2 is 1.42 bits per heavy atom. The second kappa shape index (κ2) is 7.38. The number of likely N-dealkylation sites (N-methyl/N-ethyl adjacent to an activating group) is 1. The Balaban J connectivity index is 0.000000258. The summed E-state index contributed by atoms with van der Waals surface area (Å²) in [6.45, 7) is 4.66. The quantitative estimate of drug-likeness (QED) is 0.724. The van der Waals surface area contributed by atoms with Crippen LogP contribution in [0, 0.1) is 0 Å². The van der Waals surface area contributed by atoms with Gasteiger partial charge in [0.15, 0.2) is 0 Å². The summed E-state index contributed by atoms with van der Waals surface area (Å²) in [5.74, 6) is -3.65. The maximum absolute atomic E-state index is 9.10. The lowest BCUT2D eigenvalue weighted by atomic mass is 10.2. The van der Waals surface area contributed by atoms with Crippen molar-refractivity contribution in [3.8, 4) is 0 Å². The lowest BCUT2D eigenvalue weighted by Crippen LogP contribution is -2.44. The molecule has 1 fully saturated rings. The molecule has 1 saturated heterocycles. The number of carboxylic acids is 2. The fourth-order valence-corrected chi connectivity index (χ4v) is 1.70. The van der Waals surface area contributed by atoms with E-state index in [0.29, 0.717) is 0 Å². The zero-order valence-corrected chi connectivity index (χ0v) is 10.8. The Morgan fingerprint density at radius 3 is 1.84 bits per heavy atom. The maximum Gasteiger partial charge on any atom is 0.414 e. The number of hydrogen-bond acceptors (Lipinski definition) is 4. The van der Waals surface area contributed by atoms with Crippen molar-refractivity contribution in [2.24, 2.45) is 0 Å². The van der Waals surface area contributed by atoms with Crippen LogP contribution in [-0.2, 0) is 9.59 Å². The second-order valence-electron chi connectivity index (χ2n) is 4.24. The molecule has 1 aliphatic rings. The van der Waals surface area contributed by atoms with Crippen LogP contribution >= 0.6 is 0 Å². The molecule has 1 aromatic carbocycles. The van der Waals surface area contributed by atoms with Crippen LogP contribution in [-0.4, -0.2) is 60.3 Å². The first-order valence-electron chi connectivity index (χ1n) is 5.95. The molecule has 1 aromatic rings. The minimum Gasteiger partial charge on any atom is -0.473 e. The highest BCUT2D eigenvalue weighted by Gasteiger charge is 2.13. The van der Waals surface area contributed by atoms with Crippen molar-refractivity contribution in [3.63, 3.8) is 0 Å². The van der Waals surface area contributed by atoms with Gasteiger partial charge in [-0.1, -0.05) is 18.2 Å². The van der Waals surface area contributed by atoms with Crippen LogP contribution in [0.4, 0.5) is 5.69 Å². The zero-order chi connectivity index (χ0) is 14.3. The molecule has 0 atom stereocenters. The van der Waals surface area contributed by atoms with Gasteiger partial charge in [-0.05, 0) is 19.2 Å². The predicted octanol–water partition coefficient (Wildman–Crippen LogP) is 0.594. The molecule has 0 spiro atoms.